The fourth-order valence-electron chi connectivity index (χ4n) is 1.95. The molecule has 2 heterocycles. The van der Waals surface area contributed by atoms with Crippen LogP contribution in [0.2, 0.25) is 0 Å². The Labute approximate surface area is 125 Å². The van der Waals surface area contributed by atoms with E-state index in [0.29, 0.717) is 0 Å². The summed E-state index contributed by atoms with van der Waals surface area (Å²) in [6.45, 7) is 4.71. The van der Waals surface area contributed by atoms with E-state index in [4.69, 9.17) is 4.74 Å². The molecule has 22 heavy (non-hydrogen) atoms. The number of rotatable bonds is 6. The SMILES string of the molecule is CCn1cc(CNC(=O)c2[nH]nc(OC)c2[N+](=O)[O-])c(C)n1. The van der Waals surface area contributed by atoms with Gasteiger partial charge in [-0.25, -0.2) is 0 Å². The van der Waals surface area contributed by atoms with Gasteiger partial charge in [-0.1, -0.05) is 0 Å². The maximum atomic E-state index is 12.1. The van der Waals surface area contributed by atoms with Crippen molar-refractivity contribution in [2.75, 3.05) is 7.11 Å². The van der Waals surface area contributed by atoms with Crippen LogP contribution in [0.25, 0.3) is 0 Å². The number of ether oxygens (including phenoxy) is 1. The van der Waals surface area contributed by atoms with Gasteiger partial charge < -0.3 is 10.1 Å². The first-order valence-corrected chi connectivity index (χ1v) is 6.55. The predicted octanol–water partition coefficient (Wildman–Crippen LogP) is 0.781. The highest BCUT2D eigenvalue weighted by Gasteiger charge is 2.29. The van der Waals surface area contributed by atoms with Crippen LogP contribution in [0.5, 0.6) is 5.88 Å². The number of hydrogen-bond acceptors (Lipinski definition) is 6. The Balaban J connectivity index is 2.14. The molecule has 2 aromatic rings. The van der Waals surface area contributed by atoms with E-state index in [1.807, 2.05) is 20.0 Å². The molecule has 0 aliphatic carbocycles. The molecule has 0 aromatic carbocycles. The number of amides is 1. The molecule has 0 aliphatic heterocycles. The van der Waals surface area contributed by atoms with Crippen LogP contribution in [0.3, 0.4) is 0 Å². The zero-order chi connectivity index (χ0) is 16.3. The zero-order valence-electron chi connectivity index (χ0n) is 12.4. The van der Waals surface area contributed by atoms with Gasteiger partial charge in [0, 0.05) is 24.8 Å². The molecule has 0 unspecified atom stereocenters. The number of carbonyl (C=O) groups is 1. The minimum Gasteiger partial charge on any atom is -0.475 e. The summed E-state index contributed by atoms with van der Waals surface area (Å²) in [6.07, 6.45) is 1.82. The number of hydrogen-bond donors (Lipinski definition) is 2. The highest BCUT2D eigenvalue weighted by molar-refractivity contribution is 5.97. The topological polar surface area (TPSA) is 128 Å². The standard InChI is InChI=1S/C12H16N6O4/c1-4-17-6-8(7(2)16-17)5-13-11(19)9-10(18(20)21)12(22-3)15-14-9/h6H,4-5H2,1-3H3,(H,13,19)(H,14,15). The molecule has 2 rings (SSSR count). The summed E-state index contributed by atoms with van der Waals surface area (Å²) in [5.74, 6) is -0.865. The summed E-state index contributed by atoms with van der Waals surface area (Å²) >= 11 is 0. The third-order valence-corrected chi connectivity index (χ3v) is 3.12. The first-order valence-electron chi connectivity index (χ1n) is 6.55. The summed E-state index contributed by atoms with van der Waals surface area (Å²) in [7, 11) is 1.24. The smallest absolute Gasteiger partial charge is 0.362 e. The Bertz CT molecular complexity index is 705. The van der Waals surface area contributed by atoms with Crippen LogP contribution in [0.4, 0.5) is 5.69 Å². The molecular formula is C12H16N6O4. The largest absolute Gasteiger partial charge is 0.475 e. The minimum absolute atomic E-state index is 0.211. The van der Waals surface area contributed by atoms with Crippen molar-refractivity contribution in [2.45, 2.75) is 26.9 Å². The van der Waals surface area contributed by atoms with E-state index in [2.05, 4.69) is 20.6 Å². The Hall–Kier alpha value is -2.91. The fraction of sp³-hybridized carbons (Fsp3) is 0.417. The van der Waals surface area contributed by atoms with Gasteiger partial charge in [0.25, 0.3) is 5.91 Å². The number of nitro groups is 1. The molecule has 0 aliphatic rings. The average Bonchev–Trinajstić information content (AvgIpc) is 3.07. The highest BCUT2D eigenvalue weighted by atomic mass is 16.6. The lowest BCUT2D eigenvalue weighted by Crippen LogP contribution is -2.24. The van der Waals surface area contributed by atoms with Crippen molar-refractivity contribution >= 4 is 11.6 Å². The van der Waals surface area contributed by atoms with Crippen LogP contribution in [0, 0.1) is 17.0 Å². The van der Waals surface area contributed by atoms with Crippen molar-refractivity contribution in [1.29, 1.82) is 0 Å². The summed E-state index contributed by atoms with van der Waals surface area (Å²) in [4.78, 5) is 22.4. The number of nitrogens with zero attached hydrogens (tertiary/aromatic N) is 4. The number of aromatic nitrogens is 4. The molecule has 0 atom stereocenters. The molecule has 118 valence electrons. The first-order chi connectivity index (χ1) is 10.5. The molecular weight excluding hydrogens is 292 g/mol. The number of H-pyrrole nitrogens is 1. The van der Waals surface area contributed by atoms with Crippen molar-refractivity contribution in [3.63, 3.8) is 0 Å². The minimum atomic E-state index is -0.711. The number of carbonyl (C=O) groups excluding carboxylic acids is 1. The third kappa shape index (κ3) is 2.90. The van der Waals surface area contributed by atoms with Crippen molar-refractivity contribution in [3.8, 4) is 5.88 Å². The Morgan fingerprint density at radius 3 is 2.86 bits per heavy atom. The van der Waals surface area contributed by atoms with Gasteiger partial charge in [0.05, 0.1) is 17.7 Å². The number of aromatic amines is 1. The van der Waals surface area contributed by atoms with Gasteiger partial charge in [-0.05, 0) is 13.8 Å². The maximum Gasteiger partial charge on any atom is 0.362 e. The molecule has 0 bridgehead atoms. The van der Waals surface area contributed by atoms with Crippen LogP contribution in [0.1, 0.15) is 28.7 Å². The molecule has 0 spiro atoms. The monoisotopic (exact) mass is 308 g/mol. The van der Waals surface area contributed by atoms with Gasteiger partial charge in [-0.2, -0.15) is 5.10 Å². The Kier molecular flexibility index (Phi) is 4.39. The van der Waals surface area contributed by atoms with E-state index in [9.17, 15) is 14.9 Å². The zero-order valence-corrected chi connectivity index (χ0v) is 12.4. The highest BCUT2D eigenvalue weighted by Crippen LogP contribution is 2.27. The lowest BCUT2D eigenvalue weighted by Gasteiger charge is -2.02. The molecule has 0 fully saturated rings. The maximum absolute atomic E-state index is 12.1. The van der Waals surface area contributed by atoms with Gasteiger partial charge in [0.15, 0.2) is 0 Å². The summed E-state index contributed by atoms with van der Waals surface area (Å²) in [6, 6.07) is 0. The van der Waals surface area contributed by atoms with Gasteiger partial charge in [-0.15, -0.1) is 5.10 Å². The van der Waals surface area contributed by atoms with Gasteiger partial charge >= 0.3 is 11.6 Å². The lowest BCUT2D eigenvalue weighted by molar-refractivity contribution is -0.386. The molecule has 10 nitrogen and oxygen atoms in total. The molecule has 1 amide bonds. The van der Waals surface area contributed by atoms with Crippen LogP contribution in [-0.4, -0.2) is 37.9 Å². The van der Waals surface area contributed by atoms with Crippen molar-refractivity contribution in [2.24, 2.45) is 0 Å². The van der Waals surface area contributed by atoms with Crippen LogP contribution in [0.15, 0.2) is 6.20 Å². The predicted molar refractivity (Wildman–Crippen MR) is 75.6 cm³/mol. The van der Waals surface area contributed by atoms with Crippen LogP contribution in [-0.2, 0) is 13.1 Å². The fourth-order valence-corrected chi connectivity index (χ4v) is 1.95. The molecule has 10 heteroatoms. The normalized spacial score (nSPS) is 10.5. The molecule has 2 N–H and O–H groups in total. The second-order valence-corrected chi connectivity index (χ2v) is 4.49. The second-order valence-electron chi connectivity index (χ2n) is 4.49. The Morgan fingerprint density at radius 1 is 1.59 bits per heavy atom. The van der Waals surface area contributed by atoms with E-state index in [0.717, 1.165) is 17.8 Å². The van der Waals surface area contributed by atoms with Crippen LogP contribution >= 0.6 is 0 Å². The number of aryl methyl sites for hydroxylation is 2. The first kappa shape index (κ1) is 15.5. The van der Waals surface area contributed by atoms with Crippen LogP contribution < -0.4 is 10.1 Å². The van der Waals surface area contributed by atoms with Gasteiger partial charge in [0.1, 0.15) is 0 Å². The number of methoxy groups -OCH3 is 1. The molecule has 0 saturated heterocycles. The van der Waals surface area contributed by atoms with E-state index in [1.54, 1.807) is 4.68 Å². The van der Waals surface area contributed by atoms with Gasteiger partial charge in [-0.3, -0.25) is 24.7 Å². The quantitative estimate of drug-likeness (QED) is 0.599. The molecule has 0 radical (unpaired) electrons. The summed E-state index contributed by atoms with van der Waals surface area (Å²) in [5.41, 5.74) is 0.895. The van der Waals surface area contributed by atoms with Crippen molar-refractivity contribution < 1.29 is 14.5 Å². The summed E-state index contributed by atoms with van der Waals surface area (Å²) < 4.78 is 6.51. The number of nitrogens with one attached hydrogen (secondary N) is 2. The van der Waals surface area contributed by atoms with Crippen molar-refractivity contribution in [1.82, 2.24) is 25.3 Å². The average molecular weight is 308 g/mol. The van der Waals surface area contributed by atoms with E-state index in [-0.39, 0.29) is 18.1 Å². The lowest BCUT2D eigenvalue weighted by atomic mass is 10.2. The van der Waals surface area contributed by atoms with E-state index < -0.39 is 16.5 Å². The second kappa shape index (κ2) is 6.24. The van der Waals surface area contributed by atoms with Gasteiger partial charge in [0.2, 0.25) is 5.69 Å². The molecule has 2 aromatic heterocycles. The van der Waals surface area contributed by atoms with E-state index in [1.165, 1.54) is 7.11 Å². The Morgan fingerprint density at radius 2 is 2.32 bits per heavy atom. The van der Waals surface area contributed by atoms with Crippen molar-refractivity contribution in [3.05, 3.63) is 33.3 Å². The summed E-state index contributed by atoms with van der Waals surface area (Å²) in [5, 5.41) is 23.8. The van der Waals surface area contributed by atoms with E-state index >= 15 is 0 Å². The molecule has 0 saturated carbocycles. The third-order valence-electron chi connectivity index (χ3n) is 3.12.